The second-order valence-electron chi connectivity index (χ2n) is 8.60. The predicted molar refractivity (Wildman–Crippen MR) is 116 cm³/mol. The van der Waals surface area contributed by atoms with Crippen LogP contribution < -0.4 is 14.8 Å². The van der Waals surface area contributed by atoms with Crippen LogP contribution >= 0.6 is 0 Å². The van der Waals surface area contributed by atoms with Crippen molar-refractivity contribution in [2.75, 3.05) is 26.7 Å². The number of rotatable bonds is 8. The highest BCUT2D eigenvalue weighted by Gasteiger charge is 2.33. The Morgan fingerprint density at radius 3 is 2.52 bits per heavy atom. The van der Waals surface area contributed by atoms with Gasteiger partial charge in [0.1, 0.15) is 0 Å². The average molecular weight is 405 g/mol. The van der Waals surface area contributed by atoms with Crippen molar-refractivity contribution >= 4 is 12.0 Å². The number of nitrogens with one attached hydrogen (secondary N) is 1. The van der Waals surface area contributed by atoms with E-state index in [-0.39, 0.29) is 29.8 Å². The lowest BCUT2D eigenvalue weighted by atomic mass is 10.00. The van der Waals surface area contributed by atoms with E-state index in [1.54, 1.807) is 19.3 Å². The van der Waals surface area contributed by atoms with E-state index in [1.165, 1.54) is 0 Å². The molecule has 29 heavy (non-hydrogen) atoms. The summed E-state index contributed by atoms with van der Waals surface area (Å²) in [6.07, 6.45) is 3.80. The summed E-state index contributed by atoms with van der Waals surface area (Å²) in [5.41, 5.74) is 0.734. The number of ether oxygens (including phenoxy) is 3. The fourth-order valence-electron chi connectivity index (χ4n) is 3.46. The maximum atomic E-state index is 12.3. The molecule has 0 aliphatic carbocycles. The van der Waals surface area contributed by atoms with Gasteiger partial charge in [0.15, 0.2) is 11.5 Å². The Bertz CT molecular complexity index is 705. The van der Waals surface area contributed by atoms with Gasteiger partial charge in [-0.25, -0.2) is 0 Å². The van der Waals surface area contributed by atoms with Crippen LogP contribution in [0.1, 0.15) is 47.1 Å². The summed E-state index contributed by atoms with van der Waals surface area (Å²) in [5, 5.41) is 3.02. The van der Waals surface area contributed by atoms with Crippen LogP contribution in [0.15, 0.2) is 24.3 Å². The van der Waals surface area contributed by atoms with Crippen LogP contribution in [0.4, 0.5) is 0 Å². The Balaban J connectivity index is 1.93. The van der Waals surface area contributed by atoms with Gasteiger partial charge in [0, 0.05) is 31.2 Å². The first-order valence-electron chi connectivity index (χ1n) is 10.3. The topological polar surface area (TPSA) is 60.0 Å². The van der Waals surface area contributed by atoms with Crippen LogP contribution in [0.25, 0.3) is 6.08 Å². The van der Waals surface area contributed by atoms with Gasteiger partial charge in [-0.05, 0) is 65.3 Å². The minimum atomic E-state index is -0.144. The van der Waals surface area contributed by atoms with E-state index in [0.29, 0.717) is 18.0 Å². The van der Waals surface area contributed by atoms with Crippen molar-refractivity contribution in [2.45, 2.75) is 65.4 Å². The number of hydrogen-bond acceptors (Lipinski definition) is 5. The molecule has 1 N–H and O–H groups in total. The second-order valence-corrected chi connectivity index (χ2v) is 8.60. The van der Waals surface area contributed by atoms with Crippen molar-refractivity contribution in [1.29, 1.82) is 0 Å². The third-order valence-electron chi connectivity index (χ3n) is 4.95. The summed E-state index contributed by atoms with van der Waals surface area (Å²) in [5.74, 6) is 1.23. The van der Waals surface area contributed by atoms with Gasteiger partial charge in [-0.1, -0.05) is 6.07 Å². The average Bonchev–Trinajstić information content (AvgIpc) is 2.64. The molecule has 1 aliphatic heterocycles. The van der Waals surface area contributed by atoms with Gasteiger partial charge in [0.05, 0.1) is 25.4 Å². The summed E-state index contributed by atoms with van der Waals surface area (Å²) in [4.78, 5) is 14.7. The molecular formula is C23H36N2O4. The van der Waals surface area contributed by atoms with Crippen LogP contribution in [0.3, 0.4) is 0 Å². The van der Waals surface area contributed by atoms with Gasteiger partial charge < -0.3 is 19.5 Å². The standard InChI is InChI=1S/C23H36N2O4/c1-16(2)28-20-10-8-19(12-21(20)27-7)9-11-22(26)24-15-23(5,6)25-13-17(3)29-18(4)14-25/h8-12,16-18H,13-15H2,1-7H3,(H,24,26)/b11-9+. The molecule has 6 heteroatoms. The van der Waals surface area contributed by atoms with Gasteiger partial charge in [-0.15, -0.1) is 0 Å². The highest BCUT2D eigenvalue weighted by atomic mass is 16.5. The molecule has 1 heterocycles. The Labute approximate surface area is 175 Å². The lowest BCUT2D eigenvalue weighted by molar-refractivity contribution is -0.118. The maximum Gasteiger partial charge on any atom is 0.244 e. The molecule has 2 atom stereocenters. The van der Waals surface area contributed by atoms with Gasteiger partial charge >= 0.3 is 0 Å². The van der Waals surface area contributed by atoms with Crippen molar-refractivity contribution < 1.29 is 19.0 Å². The zero-order valence-electron chi connectivity index (χ0n) is 18.8. The SMILES string of the molecule is COc1cc(/C=C/C(=O)NCC(C)(C)N2CC(C)OC(C)C2)ccc1OC(C)C. The minimum Gasteiger partial charge on any atom is -0.493 e. The number of carbonyl (C=O) groups is 1. The van der Waals surface area contributed by atoms with Crippen LogP contribution in [-0.4, -0.2) is 61.4 Å². The van der Waals surface area contributed by atoms with Crippen LogP contribution in [0.5, 0.6) is 11.5 Å². The zero-order valence-corrected chi connectivity index (χ0v) is 18.8. The molecular weight excluding hydrogens is 368 g/mol. The molecule has 2 rings (SSSR count). The van der Waals surface area contributed by atoms with E-state index < -0.39 is 0 Å². The maximum absolute atomic E-state index is 12.3. The molecule has 0 spiro atoms. The van der Waals surface area contributed by atoms with E-state index in [9.17, 15) is 4.79 Å². The normalized spacial score (nSPS) is 20.8. The first kappa shape index (κ1) is 23.2. The molecule has 1 fully saturated rings. The zero-order chi connectivity index (χ0) is 21.6. The lowest BCUT2D eigenvalue weighted by Gasteiger charge is -2.45. The molecule has 1 aromatic carbocycles. The van der Waals surface area contributed by atoms with Gasteiger partial charge in [0.25, 0.3) is 0 Å². The van der Waals surface area contributed by atoms with E-state index in [1.807, 2.05) is 32.0 Å². The number of nitrogens with zero attached hydrogens (tertiary/aromatic N) is 1. The minimum absolute atomic E-state index is 0.0665. The smallest absolute Gasteiger partial charge is 0.244 e. The van der Waals surface area contributed by atoms with Crippen molar-refractivity contribution in [3.8, 4) is 11.5 Å². The summed E-state index contributed by atoms with van der Waals surface area (Å²) in [7, 11) is 1.61. The molecule has 1 saturated heterocycles. The van der Waals surface area contributed by atoms with Crippen LogP contribution in [-0.2, 0) is 9.53 Å². The fraction of sp³-hybridized carbons (Fsp3) is 0.609. The molecule has 0 saturated carbocycles. The second kappa shape index (κ2) is 10.1. The largest absolute Gasteiger partial charge is 0.493 e. The van der Waals surface area contributed by atoms with Gasteiger partial charge in [0.2, 0.25) is 5.91 Å². The van der Waals surface area contributed by atoms with Crippen LogP contribution in [0, 0.1) is 0 Å². The quantitative estimate of drug-likeness (QED) is 0.672. The highest BCUT2D eigenvalue weighted by molar-refractivity contribution is 5.91. The third-order valence-corrected chi connectivity index (χ3v) is 4.95. The van der Waals surface area contributed by atoms with Crippen molar-refractivity contribution in [1.82, 2.24) is 10.2 Å². The molecule has 1 aliphatic rings. The number of morpholine rings is 1. The summed E-state index contributed by atoms with van der Waals surface area (Å²) < 4.78 is 16.9. The predicted octanol–water partition coefficient (Wildman–Crippen LogP) is 3.50. The Kier molecular flexibility index (Phi) is 8.11. The van der Waals surface area contributed by atoms with Gasteiger partial charge in [-0.3, -0.25) is 9.69 Å². The molecule has 1 aromatic rings. The lowest BCUT2D eigenvalue weighted by Crippen LogP contribution is -2.58. The number of methoxy groups -OCH3 is 1. The molecule has 162 valence electrons. The van der Waals surface area contributed by atoms with Crippen molar-refractivity contribution in [3.63, 3.8) is 0 Å². The number of amides is 1. The summed E-state index contributed by atoms with van der Waals surface area (Å²) in [6.45, 7) is 14.7. The fourth-order valence-corrected chi connectivity index (χ4v) is 3.46. The van der Waals surface area contributed by atoms with Gasteiger partial charge in [-0.2, -0.15) is 0 Å². The van der Waals surface area contributed by atoms with E-state index in [0.717, 1.165) is 18.7 Å². The van der Waals surface area contributed by atoms with E-state index >= 15 is 0 Å². The number of benzene rings is 1. The van der Waals surface area contributed by atoms with Crippen molar-refractivity contribution in [3.05, 3.63) is 29.8 Å². The monoisotopic (exact) mass is 404 g/mol. The molecule has 6 nitrogen and oxygen atoms in total. The summed E-state index contributed by atoms with van der Waals surface area (Å²) >= 11 is 0. The van der Waals surface area contributed by atoms with E-state index in [2.05, 4.69) is 37.9 Å². The molecule has 1 amide bonds. The number of carbonyl (C=O) groups excluding carboxylic acids is 1. The molecule has 0 aromatic heterocycles. The first-order valence-corrected chi connectivity index (χ1v) is 10.3. The van der Waals surface area contributed by atoms with E-state index in [4.69, 9.17) is 14.2 Å². The first-order chi connectivity index (χ1) is 13.6. The van der Waals surface area contributed by atoms with Crippen LogP contribution in [0.2, 0.25) is 0 Å². The Hall–Kier alpha value is -2.05. The number of hydrogen-bond donors (Lipinski definition) is 1. The summed E-state index contributed by atoms with van der Waals surface area (Å²) in [6, 6.07) is 5.63. The molecule has 0 bridgehead atoms. The Morgan fingerprint density at radius 2 is 1.93 bits per heavy atom. The molecule has 0 radical (unpaired) electrons. The van der Waals surface area contributed by atoms with Crippen molar-refractivity contribution in [2.24, 2.45) is 0 Å². The highest BCUT2D eigenvalue weighted by Crippen LogP contribution is 2.29. The Morgan fingerprint density at radius 1 is 1.28 bits per heavy atom. The molecule has 2 unspecified atom stereocenters. The third kappa shape index (κ3) is 7.05.